The van der Waals surface area contributed by atoms with Gasteiger partial charge in [-0.1, -0.05) is 60.7 Å². The number of rotatable bonds is 15. The molecule has 0 bridgehead atoms. The van der Waals surface area contributed by atoms with E-state index in [0.29, 0.717) is 11.1 Å². The number of aromatic nitrogens is 1. The van der Waals surface area contributed by atoms with Crippen LogP contribution in [0.15, 0.2) is 85.1 Å². The van der Waals surface area contributed by atoms with Crippen molar-refractivity contribution in [2.45, 2.75) is 49.9 Å². The molecule has 3 aromatic carbocycles. The fourth-order valence-electron chi connectivity index (χ4n) is 4.97. The summed E-state index contributed by atoms with van der Waals surface area (Å²) in [6.07, 6.45) is 0.747. The highest BCUT2D eigenvalue weighted by molar-refractivity contribution is 5.96. The molecule has 13 heteroatoms. The zero-order valence-electron chi connectivity index (χ0n) is 24.7. The maximum Gasteiger partial charge on any atom is 0.326 e. The van der Waals surface area contributed by atoms with Gasteiger partial charge in [-0.05, 0) is 41.3 Å². The number of amides is 3. The molecule has 4 atom stereocenters. The predicted molar refractivity (Wildman–Crippen MR) is 168 cm³/mol. The van der Waals surface area contributed by atoms with E-state index in [1.807, 2.05) is 18.2 Å². The zero-order chi connectivity index (χ0) is 33.2. The summed E-state index contributed by atoms with van der Waals surface area (Å²) in [5, 5.41) is 37.1. The molecular weight excluding hydrogens is 594 g/mol. The van der Waals surface area contributed by atoms with Crippen LogP contribution in [0.2, 0.25) is 0 Å². The van der Waals surface area contributed by atoms with Gasteiger partial charge in [0.15, 0.2) is 0 Å². The first-order valence-corrected chi connectivity index (χ1v) is 14.5. The van der Waals surface area contributed by atoms with E-state index < -0.39 is 60.2 Å². The molecule has 4 unspecified atom stereocenters. The predicted octanol–water partition coefficient (Wildman–Crippen LogP) is 1.24. The zero-order valence-corrected chi connectivity index (χ0v) is 24.7. The van der Waals surface area contributed by atoms with Gasteiger partial charge in [0, 0.05) is 29.9 Å². The highest BCUT2D eigenvalue weighted by atomic mass is 16.4. The molecule has 0 aliphatic carbocycles. The number of phenolic OH excluding ortho intramolecular Hbond substituents is 1. The van der Waals surface area contributed by atoms with Crippen molar-refractivity contribution < 1.29 is 39.3 Å². The largest absolute Gasteiger partial charge is 0.508 e. The number of aromatic amines is 1. The van der Waals surface area contributed by atoms with Crippen LogP contribution in [0, 0.1) is 0 Å². The molecule has 4 rings (SSSR count). The van der Waals surface area contributed by atoms with Crippen molar-refractivity contribution in [1.82, 2.24) is 20.9 Å². The van der Waals surface area contributed by atoms with Crippen LogP contribution in [0.3, 0.4) is 0 Å². The normalized spacial score (nSPS) is 13.6. The minimum atomic E-state index is -1.67. The molecule has 0 spiro atoms. The number of para-hydroxylation sites is 1. The molecule has 46 heavy (non-hydrogen) atoms. The van der Waals surface area contributed by atoms with Crippen molar-refractivity contribution in [3.8, 4) is 5.75 Å². The third-order valence-electron chi connectivity index (χ3n) is 7.37. The molecule has 0 saturated heterocycles. The summed E-state index contributed by atoms with van der Waals surface area (Å²) in [6.45, 7) is 0. The Kier molecular flexibility index (Phi) is 11.1. The van der Waals surface area contributed by atoms with Crippen molar-refractivity contribution in [3.63, 3.8) is 0 Å². The quantitative estimate of drug-likeness (QED) is 0.0946. The fourth-order valence-corrected chi connectivity index (χ4v) is 4.97. The average molecular weight is 630 g/mol. The molecule has 4 aromatic rings. The van der Waals surface area contributed by atoms with Crippen molar-refractivity contribution in [2.24, 2.45) is 5.73 Å². The van der Waals surface area contributed by atoms with Crippen LogP contribution in [0.25, 0.3) is 10.9 Å². The molecule has 9 N–H and O–H groups in total. The molecule has 0 radical (unpaired) electrons. The van der Waals surface area contributed by atoms with Gasteiger partial charge in [-0.25, -0.2) is 4.79 Å². The number of nitrogens with one attached hydrogen (secondary N) is 4. The Morgan fingerprint density at radius 2 is 1.26 bits per heavy atom. The second-order valence-electron chi connectivity index (χ2n) is 10.9. The van der Waals surface area contributed by atoms with Gasteiger partial charge in [0.2, 0.25) is 17.7 Å². The standard InChI is InChI=1S/C33H35N5O8/c34-24(14-19-6-2-1-3-7-19)30(42)36-26(15-20-10-12-22(39)13-11-20)31(43)37-27(17-29(40)41)32(44)38-28(33(45)46)16-21-18-35-25-9-5-4-8-23(21)25/h1-13,18,24,26-28,35,39H,14-17,34H2,(H,36,42)(H,37,43)(H,38,44)(H,40,41)(H,45,46). The minimum absolute atomic E-state index is 0.0162. The van der Waals surface area contributed by atoms with Gasteiger partial charge in [-0.3, -0.25) is 19.2 Å². The Bertz CT molecular complexity index is 1690. The van der Waals surface area contributed by atoms with Gasteiger partial charge >= 0.3 is 11.9 Å². The number of H-pyrrole nitrogens is 1. The van der Waals surface area contributed by atoms with Crippen LogP contribution < -0.4 is 21.7 Å². The first-order valence-electron chi connectivity index (χ1n) is 14.5. The number of hydrogen-bond donors (Lipinski definition) is 8. The van der Waals surface area contributed by atoms with E-state index in [2.05, 4.69) is 20.9 Å². The fraction of sp³-hybridized carbons (Fsp3) is 0.242. The third-order valence-corrected chi connectivity index (χ3v) is 7.37. The number of aliphatic carboxylic acids is 2. The minimum Gasteiger partial charge on any atom is -0.508 e. The van der Waals surface area contributed by atoms with Gasteiger partial charge in [0.25, 0.3) is 0 Å². The maximum atomic E-state index is 13.5. The molecule has 1 aromatic heterocycles. The van der Waals surface area contributed by atoms with E-state index in [4.69, 9.17) is 5.73 Å². The smallest absolute Gasteiger partial charge is 0.326 e. The summed E-state index contributed by atoms with van der Waals surface area (Å²) >= 11 is 0. The van der Waals surface area contributed by atoms with E-state index in [0.717, 1.165) is 16.5 Å². The highest BCUT2D eigenvalue weighted by Crippen LogP contribution is 2.19. The van der Waals surface area contributed by atoms with Crippen molar-refractivity contribution in [3.05, 3.63) is 102 Å². The molecule has 0 fully saturated rings. The Balaban J connectivity index is 1.50. The van der Waals surface area contributed by atoms with Crippen molar-refractivity contribution >= 4 is 40.6 Å². The number of carboxylic acids is 2. The van der Waals surface area contributed by atoms with Gasteiger partial charge < -0.3 is 42.0 Å². The van der Waals surface area contributed by atoms with Crippen LogP contribution >= 0.6 is 0 Å². The second-order valence-corrected chi connectivity index (χ2v) is 10.9. The van der Waals surface area contributed by atoms with E-state index in [-0.39, 0.29) is 25.0 Å². The Morgan fingerprint density at radius 3 is 1.93 bits per heavy atom. The van der Waals surface area contributed by atoms with E-state index in [9.17, 15) is 39.3 Å². The molecule has 3 amide bonds. The summed E-state index contributed by atoms with van der Waals surface area (Å²) < 4.78 is 0. The molecule has 240 valence electrons. The molecule has 1 heterocycles. The number of phenols is 1. The first-order chi connectivity index (χ1) is 22.0. The van der Waals surface area contributed by atoms with Crippen LogP contribution in [-0.4, -0.2) is 74.1 Å². The third kappa shape index (κ3) is 9.16. The second kappa shape index (κ2) is 15.3. The van der Waals surface area contributed by atoms with Crippen LogP contribution in [-0.2, 0) is 43.2 Å². The number of carbonyl (C=O) groups is 5. The van der Waals surface area contributed by atoms with Crippen molar-refractivity contribution in [1.29, 1.82) is 0 Å². The number of nitrogens with two attached hydrogens (primary N) is 1. The monoisotopic (exact) mass is 629 g/mol. The number of fused-ring (bicyclic) bond motifs is 1. The molecule has 13 nitrogen and oxygen atoms in total. The highest BCUT2D eigenvalue weighted by Gasteiger charge is 2.32. The molecule has 0 aliphatic rings. The first kappa shape index (κ1) is 33.2. The van der Waals surface area contributed by atoms with E-state index >= 15 is 0 Å². The topological polar surface area (TPSA) is 224 Å². The van der Waals surface area contributed by atoms with Gasteiger partial charge in [-0.2, -0.15) is 0 Å². The van der Waals surface area contributed by atoms with Gasteiger partial charge in [0.05, 0.1) is 12.5 Å². The SMILES string of the molecule is NC(Cc1ccccc1)C(=O)NC(Cc1ccc(O)cc1)C(=O)NC(CC(=O)O)C(=O)NC(Cc1c[nH]c2ccccc12)C(=O)O. The molecule has 0 aliphatic heterocycles. The van der Waals surface area contributed by atoms with E-state index in [1.165, 1.54) is 24.3 Å². The van der Waals surface area contributed by atoms with Crippen LogP contribution in [0.5, 0.6) is 5.75 Å². The van der Waals surface area contributed by atoms with Crippen LogP contribution in [0.4, 0.5) is 0 Å². The lowest BCUT2D eigenvalue weighted by Crippen LogP contribution is -2.58. The Labute approximate surface area is 263 Å². The lowest BCUT2D eigenvalue weighted by molar-refractivity contribution is -0.143. The number of hydrogen-bond acceptors (Lipinski definition) is 7. The molecular formula is C33H35N5O8. The number of carboxylic acid groups (broad SMARTS) is 2. The van der Waals surface area contributed by atoms with E-state index in [1.54, 1.807) is 42.6 Å². The summed E-state index contributed by atoms with van der Waals surface area (Å²) in [5.74, 6) is -5.38. The average Bonchev–Trinajstić information content (AvgIpc) is 3.43. The summed E-state index contributed by atoms with van der Waals surface area (Å²) in [5.41, 5.74) is 8.85. The van der Waals surface area contributed by atoms with Gasteiger partial charge in [-0.15, -0.1) is 0 Å². The summed E-state index contributed by atoms with van der Waals surface area (Å²) in [6, 6.07) is 16.6. The van der Waals surface area contributed by atoms with Crippen LogP contribution in [0.1, 0.15) is 23.1 Å². The lowest BCUT2D eigenvalue weighted by Gasteiger charge is -2.25. The lowest BCUT2D eigenvalue weighted by atomic mass is 10.0. The number of carbonyl (C=O) groups excluding carboxylic acids is 3. The Morgan fingerprint density at radius 1 is 0.674 bits per heavy atom. The number of benzene rings is 3. The van der Waals surface area contributed by atoms with Gasteiger partial charge in [0.1, 0.15) is 23.9 Å². The maximum absolute atomic E-state index is 13.5. The number of aromatic hydroxyl groups is 1. The molecule has 0 saturated carbocycles. The summed E-state index contributed by atoms with van der Waals surface area (Å²) in [4.78, 5) is 66.7. The summed E-state index contributed by atoms with van der Waals surface area (Å²) in [7, 11) is 0. The Hall–Kier alpha value is -5.69. The van der Waals surface area contributed by atoms with Crippen molar-refractivity contribution in [2.75, 3.05) is 0 Å².